The molecule has 0 N–H and O–H groups in total. The monoisotopic (exact) mass is 195 g/mol. The summed E-state index contributed by atoms with van der Waals surface area (Å²) in [7, 11) is 0. The molecule has 0 aliphatic carbocycles. The van der Waals surface area contributed by atoms with E-state index in [4.69, 9.17) is 0 Å². The van der Waals surface area contributed by atoms with Crippen LogP contribution in [0.5, 0.6) is 0 Å². The van der Waals surface area contributed by atoms with Gasteiger partial charge in [0.15, 0.2) is 0 Å². The summed E-state index contributed by atoms with van der Waals surface area (Å²) in [5.41, 5.74) is 1.09. The molecular formula is C11H21N3. The lowest BCUT2D eigenvalue weighted by Gasteiger charge is -2.24. The van der Waals surface area contributed by atoms with E-state index in [-0.39, 0.29) is 0 Å². The number of likely N-dealkylation sites (N-methyl/N-ethyl adjacent to an activating group) is 1. The van der Waals surface area contributed by atoms with Crippen molar-refractivity contribution in [3.63, 3.8) is 0 Å². The standard InChI is InChI=1S/C11H21N3/c1-5-14(10(2)3)7-6-13-8-11(4)12-9-13/h8-10H,5-7H2,1-4H3. The lowest BCUT2D eigenvalue weighted by atomic mass is 10.3. The van der Waals surface area contributed by atoms with Crippen molar-refractivity contribution < 1.29 is 0 Å². The lowest BCUT2D eigenvalue weighted by molar-refractivity contribution is 0.224. The molecule has 1 aromatic heterocycles. The van der Waals surface area contributed by atoms with Gasteiger partial charge in [0, 0.05) is 25.3 Å². The Morgan fingerprint density at radius 1 is 1.50 bits per heavy atom. The number of aromatic nitrogens is 2. The van der Waals surface area contributed by atoms with Gasteiger partial charge in [0.2, 0.25) is 0 Å². The predicted octanol–water partition coefficient (Wildman–Crippen LogP) is 1.92. The summed E-state index contributed by atoms with van der Waals surface area (Å²) in [5, 5.41) is 0. The van der Waals surface area contributed by atoms with Gasteiger partial charge in [-0.1, -0.05) is 6.92 Å². The van der Waals surface area contributed by atoms with Crippen LogP contribution in [0.4, 0.5) is 0 Å². The molecule has 1 rings (SSSR count). The first-order valence-electron chi connectivity index (χ1n) is 5.36. The summed E-state index contributed by atoms with van der Waals surface area (Å²) >= 11 is 0. The van der Waals surface area contributed by atoms with Crippen LogP contribution in [0.15, 0.2) is 12.5 Å². The van der Waals surface area contributed by atoms with Crippen LogP contribution in [0.3, 0.4) is 0 Å². The SMILES string of the molecule is CCN(CCn1cnc(C)c1)C(C)C. The Kier molecular flexibility index (Phi) is 4.14. The molecule has 14 heavy (non-hydrogen) atoms. The molecule has 1 aromatic rings. The zero-order valence-electron chi connectivity index (χ0n) is 9.70. The van der Waals surface area contributed by atoms with Crippen molar-refractivity contribution in [2.75, 3.05) is 13.1 Å². The second-order valence-electron chi connectivity index (χ2n) is 3.98. The third-order valence-corrected chi connectivity index (χ3v) is 2.54. The molecule has 0 aliphatic heterocycles. The quantitative estimate of drug-likeness (QED) is 0.715. The van der Waals surface area contributed by atoms with Crippen LogP contribution in [0, 0.1) is 6.92 Å². The summed E-state index contributed by atoms with van der Waals surface area (Å²) in [5.74, 6) is 0. The molecule has 0 unspecified atom stereocenters. The highest BCUT2D eigenvalue weighted by atomic mass is 15.2. The highest BCUT2D eigenvalue weighted by Crippen LogP contribution is 1.99. The van der Waals surface area contributed by atoms with Crippen molar-refractivity contribution in [1.82, 2.24) is 14.5 Å². The number of imidazole rings is 1. The van der Waals surface area contributed by atoms with Gasteiger partial charge in [-0.3, -0.25) is 4.90 Å². The van der Waals surface area contributed by atoms with Gasteiger partial charge in [0.1, 0.15) is 0 Å². The molecule has 0 spiro atoms. The topological polar surface area (TPSA) is 21.1 Å². The average molecular weight is 195 g/mol. The van der Waals surface area contributed by atoms with E-state index in [1.165, 1.54) is 0 Å². The first-order valence-corrected chi connectivity index (χ1v) is 5.36. The smallest absolute Gasteiger partial charge is 0.0949 e. The summed E-state index contributed by atoms with van der Waals surface area (Å²) in [4.78, 5) is 6.66. The van der Waals surface area contributed by atoms with Gasteiger partial charge >= 0.3 is 0 Å². The second-order valence-corrected chi connectivity index (χ2v) is 3.98. The molecule has 0 saturated carbocycles. The third-order valence-electron chi connectivity index (χ3n) is 2.54. The van der Waals surface area contributed by atoms with Crippen molar-refractivity contribution in [3.05, 3.63) is 18.2 Å². The van der Waals surface area contributed by atoms with Crippen molar-refractivity contribution in [1.29, 1.82) is 0 Å². The minimum Gasteiger partial charge on any atom is -0.336 e. The maximum atomic E-state index is 4.21. The van der Waals surface area contributed by atoms with Crippen molar-refractivity contribution in [2.24, 2.45) is 0 Å². The highest BCUT2D eigenvalue weighted by Gasteiger charge is 2.06. The van der Waals surface area contributed by atoms with Gasteiger partial charge in [-0.2, -0.15) is 0 Å². The Morgan fingerprint density at radius 2 is 2.21 bits per heavy atom. The van der Waals surface area contributed by atoms with E-state index in [9.17, 15) is 0 Å². The zero-order chi connectivity index (χ0) is 10.6. The third kappa shape index (κ3) is 3.14. The van der Waals surface area contributed by atoms with Gasteiger partial charge in [-0.25, -0.2) is 4.98 Å². The van der Waals surface area contributed by atoms with Crippen molar-refractivity contribution in [2.45, 2.75) is 40.3 Å². The summed E-state index contributed by atoms with van der Waals surface area (Å²) in [6, 6.07) is 0.629. The fourth-order valence-electron chi connectivity index (χ4n) is 1.62. The largest absolute Gasteiger partial charge is 0.336 e. The van der Waals surface area contributed by atoms with E-state index in [1.54, 1.807) is 0 Å². The van der Waals surface area contributed by atoms with E-state index >= 15 is 0 Å². The molecular weight excluding hydrogens is 174 g/mol. The number of hydrogen-bond acceptors (Lipinski definition) is 2. The molecule has 0 aromatic carbocycles. The number of nitrogens with zero attached hydrogens (tertiary/aromatic N) is 3. The molecule has 80 valence electrons. The molecule has 3 heteroatoms. The maximum Gasteiger partial charge on any atom is 0.0949 e. The van der Waals surface area contributed by atoms with Crippen LogP contribution in [0.1, 0.15) is 26.5 Å². The van der Waals surface area contributed by atoms with Crippen LogP contribution < -0.4 is 0 Å². The second kappa shape index (κ2) is 5.15. The Morgan fingerprint density at radius 3 is 2.64 bits per heavy atom. The van der Waals surface area contributed by atoms with Gasteiger partial charge in [0.25, 0.3) is 0 Å². The molecule has 0 radical (unpaired) electrons. The number of aryl methyl sites for hydroxylation is 1. The van der Waals surface area contributed by atoms with Crippen LogP contribution in [0.2, 0.25) is 0 Å². The molecule has 3 nitrogen and oxygen atoms in total. The Bertz CT molecular complexity index is 265. The van der Waals surface area contributed by atoms with Crippen LogP contribution in [0.25, 0.3) is 0 Å². The van der Waals surface area contributed by atoms with E-state index in [1.807, 2.05) is 13.3 Å². The fraction of sp³-hybridized carbons (Fsp3) is 0.727. The van der Waals surface area contributed by atoms with E-state index < -0.39 is 0 Å². The minimum absolute atomic E-state index is 0.629. The number of rotatable bonds is 5. The first kappa shape index (κ1) is 11.2. The van der Waals surface area contributed by atoms with Gasteiger partial charge in [-0.05, 0) is 27.3 Å². The van der Waals surface area contributed by atoms with Crippen molar-refractivity contribution in [3.8, 4) is 0 Å². The summed E-state index contributed by atoms with van der Waals surface area (Å²) in [6.07, 6.45) is 4.00. The predicted molar refractivity (Wildman–Crippen MR) is 59.3 cm³/mol. The fourth-order valence-corrected chi connectivity index (χ4v) is 1.62. The molecule has 1 heterocycles. The zero-order valence-corrected chi connectivity index (χ0v) is 9.70. The molecule has 0 aliphatic rings. The molecule has 0 bridgehead atoms. The van der Waals surface area contributed by atoms with Gasteiger partial charge < -0.3 is 4.57 Å². The van der Waals surface area contributed by atoms with Crippen LogP contribution in [-0.4, -0.2) is 33.6 Å². The summed E-state index contributed by atoms with van der Waals surface area (Å²) in [6.45, 7) is 12.0. The van der Waals surface area contributed by atoms with E-state index in [2.05, 4.69) is 41.4 Å². The van der Waals surface area contributed by atoms with Gasteiger partial charge in [-0.15, -0.1) is 0 Å². The molecule has 0 fully saturated rings. The minimum atomic E-state index is 0.629. The Balaban J connectivity index is 2.39. The van der Waals surface area contributed by atoms with Crippen LogP contribution >= 0.6 is 0 Å². The van der Waals surface area contributed by atoms with Crippen LogP contribution in [-0.2, 0) is 6.54 Å². The number of hydrogen-bond donors (Lipinski definition) is 0. The lowest BCUT2D eigenvalue weighted by Crippen LogP contribution is -2.33. The normalized spacial score (nSPS) is 11.6. The Hall–Kier alpha value is -0.830. The summed E-state index contributed by atoms with van der Waals surface area (Å²) < 4.78 is 2.15. The Labute approximate surface area is 86.7 Å². The first-order chi connectivity index (χ1) is 6.63. The van der Waals surface area contributed by atoms with Crippen molar-refractivity contribution >= 4 is 0 Å². The molecule has 0 atom stereocenters. The van der Waals surface area contributed by atoms with E-state index in [0.29, 0.717) is 6.04 Å². The molecule has 0 amide bonds. The van der Waals surface area contributed by atoms with Gasteiger partial charge in [0.05, 0.1) is 12.0 Å². The van der Waals surface area contributed by atoms with E-state index in [0.717, 1.165) is 25.3 Å². The maximum absolute atomic E-state index is 4.21. The highest BCUT2D eigenvalue weighted by molar-refractivity contribution is 4.92. The molecule has 0 saturated heterocycles. The average Bonchev–Trinajstić information content (AvgIpc) is 2.52.